The lowest BCUT2D eigenvalue weighted by Gasteiger charge is -2.00. The van der Waals surface area contributed by atoms with E-state index in [-0.39, 0.29) is 6.54 Å². The van der Waals surface area contributed by atoms with Gasteiger partial charge in [-0.2, -0.15) is 11.3 Å². The number of hydrogen-bond donors (Lipinski definition) is 2. The molecular weight excluding hydrogens is 190 g/mol. The highest BCUT2D eigenvalue weighted by Gasteiger charge is 2.10. The van der Waals surface area contributed by atoms with Gasteiger partial charge < -0.3 is 10.4 Å². The van der Waals surface area contributed by atoms with Gasteiger partial charge in [-0.3, -0.25) is 4.79 Å². The lowest BCUT2D eigenvalue weighted by molar-refractivity contribution is -0.150. The van der Waals surface area contributed by atoms with Gasteiger partial charge in [0.05, 0.1) is 0 Å². The zero-order chi connectivity index (χ0) is 9.84. The minimum Gasteiger partial charge on any atom is -0.474 e. The van der Waals surface area contributed by atoms with E-state index in [1.165, 1.54) is 11.3 Å². The van der Waals surface area contributed by atoms with Crippen LogP contribution in [0.15, 0.2) is 10.8 Å². The van der Waals surface area contributed by atoms with Crippen molar-refractivity contribution < 1.29 is 14.7 Å². The summed E-state index contributed by atoms with van der Waals surface area (Å²) >= 11 is 1.53. The topological polar surface area (TPSA) is 66.4 Å². The first-order valence-electron chi connectivity index (χ1n) is 3.64. The van der Waals surface area contributed by atoms with Crippen LogP contribution < -0.4 is 5.32 Å². The summed E-state index contributed by atoms with van der Waals surface area (Å²) in [5.41, 5.74) is 2.02. The Morgan fingerprint density at radius 3 is 2.69 bits per heavy atom. The van der Waals surface area contributed by atoms with Crippen molar-refractivity contribution >= 4 is 23.2 Å². The maximum atomic E-state index is 10.6. The molecule has 1 amide bonds. The molecule has 0 unspecified atom stereocenters. The molecule has 0 aliphatic rings. The summed E-state index contributed by atoms with van der Waals surface area (Å²) in [6.45, 7) is 2.19. The van der Waals surface area contributed by atoms with Crippen molar-refractivity contribution in [2.75, 3.05) is 0 Å². The molecule has 13 heavy (non-hydrogen) atoms. The van der Waals surface area contributed by atoms with Crippen LogP contribution in [-0.2, 0) is 16.1 Å². The van der Waals surface area contributed by atoms with E-state index < -0.39 is 11.9 Å². The highest BCUT2D eigenvalue weighted by Crippen LogP contribution is 2.12. The minimum atomic E-state index is -1.45. The van der Waals surface area contributed by atoms with Gasteiger partial charge in [-0.05, 0) is 28.8 Å². The number of carboxylic acid groups (broad SMARTS) is 1. The van der Waals surface area contributed by atoms with Gasteiger partial charge in [0.2, 0.25) is 0 Å². The summed E-state index contributed by atoms with van der Waals surface area (Å²) in [4.78, 5) is 20.8. The molecule has 0 spiro atoms. The first-order chi connectivity index (χ1) is 6.11. The maximum absolute atomic E-state index is 10.6. The third kappa shape index (κ3) is 2.55. The van der Waals surface area contributed by atoms with Gasteiger partial charge in [0, 0.05) is 6.54 Å². The van der Waals surface area contributed by atoms with Crippen molar-refractivity contribution in [3.63, 3.8) is 0 Å². The molecule has 0 aliphatic heterocycles. The molecule has 0 radical (unpaired) electrons. The number of aliphatic carboxylic acids is 1. The molecule has 2 N–H and O–H groups in total. The fraction of sp³-hybridized carbons (Fsp3) is 0.250. The number of thiophene rings is 1. The Morgan fingerprint density at radius 1 is 1.54 bits per heavy atom. The average molecular weight is 199 g/mol. The third-order valence-corrected chi connectivity index (χ3v) is 2.51. The number of rotatable bonds is 2. The summed E-state index contributed by atoms with van der Waals surface area (Å²) in [5.74, 6) is -2.42. The number of carbonyl (C=O) groups excluding carboxylic acids is 1. The molecule has 70 valence electrons. The summed E-state index contributed by atoms with van der Waals surface area (Å²) in [7, 11) is 0. The van der Waals surface area contributed by atoms with E-state index in [1.54, 1.807) is 0 Å². The smallest absolute Gasteiger partial charge is 0.394 e. The standard InChI is InChI=1S/C8H9NO3S/c1-5-3-13-4-6(5)2-9-7(10)8(11)12/h3-4H,2H2,1H3,(H,9,10)(H,11,12). The molecule has 1 rings (SSSR count). The second-order valence-corrected chi connectivity index (χ2v) is 3.31. The number of hydrogen-bond acceptors (Lipinski definition) is 3. The highest BCUT2D eigenvalue weighted by molar-refractivity contribution is 7.08. The van der Waals surface area contributed by atoms with Crippen LogP contribution in [0.5, 0.6) is 0 Å². The van der Waals surface area contributed by atoms with Crippen LogP contribution in [0.2, 0.25) is 0 Å². The molecule has 0 bridgehead atoms. The Labute approximate surface area is 79.2 Å². The van der Waals surface area contributed by atoms with Gasteiger partial charge in [0.1, 0.15) is 0 Å². The molecule has 0 saturated carbocycles. The van der Waals surface area contributed by atoms with E-state index in [0.717, 1.165) is 11.1 Å². The Hall–Kier alpha value is -1.36. The molecule has 5 heteroatoms. The van der Waals surface area contributed by atoms with Crippen molar-refractivity contribution in [1.29, 1.82) is 0 Å². The van der Waals surface area contributed by atoms with E-state index in [1.807, 2.05) is 17.7 Å². The zero-order valence-corrected chi connectivity index (χ0v) is 7.85. The highest BCUT2D eigenvalue weighted by atomic mass is 32.1. The molecule has 1 aromatic heterocycles. The third-order valence-electron chi connectivity index (χ3n) is 1.60. The molecular formula is C8H9NO3S. The molecule has 0 atom stereocenters. The lowest BCUT2D eigenvalue weighted by atomic mass is 10.2. The van der Waals surface area contributed by atoms with E-state index in [4.69, 9.17) is 5.11 Å². The summed E-state index contributed by atoms with van der Waals surface area (Å²) < 4.78 is 0. The zero-order valence-electron chi connectivity index (χ0n) is 7.03. The van der Waals surface area contributed by atoms with Crippen LogP contribution in [0, 0.1) is 6.92 Å². The van der Waals surface area contributed by atoms with Gasteiger partial charge in [-0.15, -0.1) is 0 Å². The Bertz CT molecular complexity index is 332. The summed E-state index contributed by atoms with van der Waals surface area (Å²) in [6.07, 6.45) is 0. The monoisotopic (exact) mass is 199 g/mol. The summed E-state index contributed by atoms with van der Waals surface area (Å²) in [6, 6.07) is 0. The number of carbonyl (C=O) groups is 2. The number of amides is 1. The number of nitrogens with one attached hydrogen (secondary N) is 1. The molecule has 0 aromatic carbocycles. The second kappa shape index (κ2) is 4.04. The lowest BCUT2D eigenvalue weighted by Crippen LogP contribution is -2.30. The average Bonchev–Trinajstić information content (AvgIpc) is 2.47. The quantitative estimate of drug-likeness (QED) is 0.691. The first-order valence-corrected chi connectivity index (χ1v) is 4.58. The van der Waals surface area contributed by atoms with Crippen molar-refractivity contribution in [3.05, 3.63) is 21.9 Å². The molecule has 1 heterocycles. The molecule has 1 aromatic rings. The summed E-state index contributed by atoms with van der Waals surface area (Å²) in [5, 5.41) is 14.4. The van der Waals surface area contributed by atoms with E-state index >= 15 is 0 Å². The fourth-order valence-electron chi connectivity index (χ4n) is 0.819. The van der Waals surface area contributed by atoms with E-state index in [9.17, 15) is 9.59 Å². The van der Waals surface area contributed by atoms with Gasteiger partial charge in [-0.1, -0.05) is 0 Å². The predicted molar refractivity (Wildman–Crippen MR) is 48.5 cm³/mol. The van der Waals surface area contributed by atoms with Crippen LogP contribution in [0.4, 0.5) is 0 Å². The number of aryl methyl sites for hydroxylation is 1. The molecule has 4 nitrogen and oxygen atoms in total. The van der Waals surface area contributed by atoms with Crippen molar-refractivity contribution in [2.45, 2.75) is 13.5 Å². The predicted octanol–water partition coefficient (Wildman–Crippen LogP) is 0.757. The van der Waals surface area contributed by atoms with Gasteiger partial charge in [0.15, 0.2) is 0 Å². The van der Waals surface area contributed by atoms with E-state index in [2.05, 4.69) is 5.32 Å². The molecule has 0 fully saturated rings. The normalized spacial score (nSPS) is 9.62. The van der Waals surface area contributed by atoms with Crippen LogP contribution >= 0.6 is 11.3 Å². The fourth-order valence-corrected chi connectivity index (χ4v) is 1.68. The van der Waals surface area contributed by atoms with Crippen LogP contribution in [0.1, 0.15) is 11.1 Å². The van der Waals surface area contributed by atoms with Crippen molar-refractivity contribution in [1.82, 2.24) is 5.32 Å². The molecule has 0 aliphatic carbocycles. The van der Waals surface area contributed by atoms with Gasteiger partial charge in [-0.25, -0.2) is 4.79 Å². The Balaban J connectivity index is 2.48. The second-order valence-electron chi connectivity index (χ2n) is 2.57. The maximum Gasteiger partial charge on any atom is 0.394 e. The molecule has 0 saturated heterocycles. The van der Waals surface area contributed by atoms with Crippen molar-refractivity contribution in [2.24, 2.45) is 0 Å². The van der Waals surface area contributed by atoms with E-state index in [0.29, 0.717) is 0 Å². The van der Waals surface area contributed by atoms with Crippen molar-refractivity contribution in [3.8, 4) is 0 Å². The van der Waals surface area contributed by atoms with Crippen LogP contribution in [0.3, 0.4) is 0 Å². The number of carboxylic acids is 1. The minimum absolute atomic E-state index is 0.278. The largest absolute Gasteiger partial charge is 0.474 e. The van der Waals surface area contributed by atoms with Gasteiger partial charge >= 0.3 is 11.9 Å². The Kier molecular flexibility index (Phi) is 3.02. The van der Waals surface area contributed by atoms with Crippen LogP contribution in [0.25, 0.3) is 0 Å². The van der Waals surface area contributed by atoms with Crippen LogP contribution in [-0.4, -0.2) is 17.0 Å². The SMILES string of the molecule is Cc1cscc1CNC(=O)C(=O)O. The first kappa shape index (κ1) is 9.73. The Morgan fingerprint density at radius 2 is 2.23 bits per heavy atom. The van der Waals surface area contributed by atoms with Gasteiger partial charge in [0.25, 0.3) is 0 Å².